The Bertz CT molecular complexity index is 364. The number of alkyl halides is 1. The van der Waals surface area contributed by atoms with Crippen LogP contribution in [-0.4, -0.2) is 17.8 Å². The summed E-state index contributed by atoms with van der Waals surface area (Å²) in [7, 11) is 0. The highest BCUT2D eigenvalue weighted by Crippen LogP contribution is 2.11. The molecule has 0 radical (unpaired) electrons. The minimum Gasteiger partial charge on any atom is -0.352 e. The zero-order valence-electron chi connectivity index (χ0n) is 11.3. The van der Waals surface area contributed by atoms with Crippen molar-refractivity contribution < 1.29 is 4.79 Å². The van der Waals surface area contributed by atoms with Crippen LogP contribution in [0.4, 0.5) is 0 Å². The number of benzene rings is 1. The van der Waals surface area contributed by atoms with Crippen LogP contribution in [0.2, 0.25) is 0 Å². The number of nitrogens with one attached hydrogen (secondary N) is 1. The Hall–Kier alpha value is -1.02. The zero-order chi connectivity index (χ0) is 13.5. The number of hydrogen-bond donors (Lipinski definition) is 1. The van der Waals surface area contributed by atoms with Gasteiger partial charge in [-0.1, -0.05) is 51.1 Å². The number of amides is 1. The van der Waals surface area contributed by atoms with Gasteiger partial charge in [-0.3, -0.25) is 4.79 Å². The quantitative estimate of drug-likeness (QED) is 0.788. The van der Waals surface area contributed by atoms with Gasteiger partial charge in [0.15, 0.2) is 0 Å². The van der Waals surface area contributed by atoms with E-state index in [0.29, 0.717) is 11.8 Å². The Morgan fingerprint density at radius 3 is 2.33 bits per heavy atom. The molecule has 2 nitrogen and oxygen atoms in total. The Morgan fingerprint density at radius 1 is 1.22 bits per heavy atom. The van der Waals surface area contributed by atoms with Gasteiger partial charge in [0.05, 0.1) is 0 Å². The topological polar surface area (TPSA) is 29.1 Å². The van der Waals surface area contributed by atoms with Crippen LogP contribution in [0.1, 0.15) is 26.3 Å². The lowest BCUT2D eigenvalue weighted by Gasteiger charge is -2.21. The lowest BCUT2D eigenvalue weighted by molar-refractivity contribution is -0.126. The van der Waals surface area contributed by atoms with Gasteiger partial charge in [0.2, 0.25) is 5.91 Å². The summed E-state index contributed by atoms with van der Waals surface area (Å²) in [6, 6.07) is 10.1. The monoisotopic (exact) mass is 267 g/mol. The fourth-order valence-corrected chi connectivity index (χ4v) is 1.86. The van der Waals surface area contributed by atoms with E-state index in [4.69, 9.17) is 11.6 Å². The molecule has 0 aliphatic carbocycles. The average molecular weight is 268 g/mol. The zero-order valence-corrected chi connectivity index (χ0v) is 12.1. The SMILES string of the molecule is CC(C)C(C)C(=O)NC(CCl)Cc1ccccc1. The first-order valence-electron chi connectivity index (χ1n) is 6.44. The van der Waals surface area contributed by atoms with E-state index in [2.05, 4.69) is 31.3 Å². The summed E-state index contributed by atoms with van der Waals surface area (Å²) in [5, 5.41) is 3.03. The molecular formula is C15H22ClNO. The van der Waals surface area contributed by atoms with Crippen LogP contribution in [0.25, 0.3) is 0 Å². The fourth-order valence-electron chi connectivity index (χ4n) is 1.68. The molecule has 0 saturated carbocycles. The summed E-state index contributed by atoms with van der Waals surface area (Å²) >= 11 is 5.93. The Balaban J connectivity index is 2.55. The predicted octanol–water partition coefficient (Wildman–Crippen LogP) is 3.24. The van der Waals surface area contributed by atoms with Crippen molar-refractivity contribution in [3.8, 4) is 0 Å². The first kappa shape index (κ1) is 15.0. The second kappa shape index (κ2) is 7.42. The van der Waals surface area contributed by atoms with Crippen LogP contribution in [0.15, 0.2) is 30.3 Å². The molecule has 2 atom stereocenters. The molecule has 0 aliphatic rings. The van der Waals surface area contributed by atoms with Crippen molar-refractivity contribution in [1.29, 1.82) is 0 Å². The maximum atomic E-state index is 12.0. The van der Waals surface area contributed by atoms with E-state index in [1.807, 2.05) is 25.1 Å². The summed E-state index contributed by atoms with van der Waals surface area (Å²) in [5.74, 6) is 0.890. The fraction of sp³-hybridized carbons (Fsp3) is 0.533. The predicted molar refractivity (Wildman–Crippen MR) is 76.8 cm³/mol. The molecule has 0 saturated heterocycles. The highest BCUT2D eigenvalue weighted by molar-refractivity contribution is 6.18. The van der Waals surface area contributed by atoms with E-state index in [-0.39, 0.29) is 17.9 Å². The van der Waals surface area contributed by atoms with Gasteiger partial charge in [0, 0.05) is 17.8 Å². The lowest BCUT2D eigenvalue weighted by atomic mass is 9.96. The third-order valence-electron chi connectivity index (χ3n) is 3.27. The van der Waals surface area contributed by atoms with E-state index >= 15 is 0 Å². The van der Waals surface area contributed by atoms with Crippen LogP contribution in [-0.2, 0) is 11.2 Å². The molecule has 1 rings (SSSR count). The van der Waals surface area contributed by atoms with Gasteiger partial charge < -0.3 is 5.32 Å². The van der Waals surface area contributed by atoms with Gasteiger partial charge >= 0.3 is 0 Å². The minimum absolute atomic E-state index is 0.00256. The molecule has 0 aromatic heterocycles. The van der Waals surface area contributed by atoms with Crippen molar-refractivity contribution in [2.24, 2.45) is 11.8 Å². The first-order chi connectivity index (χ1) is 8.54. The van der Waals surface area contributed by atoms with Gasteiger partial charge in [0.1, 0.15) is 0 Å². The molecule has 100 valence electrons. The molecule has 18 heavy (non-hydrogen) atoms. The summed E-state index contributed by atoms with van der Waals surface area (Å²) < 4.78 is 0. The van der Waals surface area contributed by atoms with E-state index in [0.717, 1.165) is 6.42 Å². The molecule has 3 heteroatoms. The normalized spacial score (nSPS) is 14.3. The van der Waals surface area contributed by atoms with Crippen molar-refractivity contribution in [3.05, 3.63) is 35.9 Å². The summed E-state index contributed by atoms with van der Waals surface area (Å²) in [4.78, 5) is 12.0. The molecule has 1 N–H and O–H groups in total. The summed E-state index contributed by atoms with van der Waals surface area (Å²) in [5.41, 5.74) is 1.20. The van der Waals surface area contributed by atoms with Gasteiger partial charge in [-0.05, 0) is 17.9 Å². The van der Waals surface area contributed by atoms with Gasteiger partial charge in [-0.2, -0.15) is 0 Å². The first-order valence-corrected chi connectivity index (χ1v) is 6.98. The van der Waals surface area contributed by atoms with Crippen LogP contribution in [0.5, 0.6) is 0 Å². The second-order valence-electron chi connectivity index (χ2n) is 5.08. The number of halogens is 1. The number of rotatable bonds is 6. The van der Waals surface area contributed by atoms with Crippen molar-refractivity contribution in [1.82, 2.24) is 5.32 Å². The van der Waals surface area contributed by atoms with Crippen LogP contribution < -0.4 is 5.32 Å². The number of carbonyl (C=O) groups excluding carboxylic acids is 1. The molecule has 0 aliphatic heterocycles. The van der Waals surface area contributed by atoms with E-state index in [1.54, 1.807) is 0 Å². The van der Waals surface area contributed by atoms with E-state index < -0.39 is 0 Å². The third-order valence-corrected chi connectivity index (χ3v) is 3.64. The third kappa shape index (κ3) is 4.69. The standard InChI is InChI=1S/C15H22ClNO/c1-11(2)12(3)15(18)17-14(10-16)9-13-7-5-4-6-8-13/h4-8,11-12,14H,9-10H2,1-3H3,(H,17,18). The van der Waals surface area contributed by atoms with Crippen molar-refractivity contribution >= 4 is 17.5 Å². The molecule has 1 amide bonds. The molecule has 2 unspecified atom stereocenters. The smallest absolute Gasteiger partial charge is 0.223 e. The highest BCUT2D eigenvalue weighted by Gasteiger charge is 2.19. The summed E-state index contributed by atoms with van der Waals surface area (Å²) in [6.45, 7) is 6.06. The molecule has 0 heterocycles. The molecule has 0 fully saturated rings. The number of hydrogen-bond acceptors (Lipinski definition) is 1. The molecule has 0 spiro atoms. The van der Waals surface area contributed by atoms with Crippen molar-refractivity contribution in [3.63, 3.8) is 0 Å². The lowest BCUT2D eigenvalue weighted by Crippen LogP contribution is -2.41. The Morgan fingerprint density at radius 2 is 1.83 bits per heavy atom. The highest BCUT2D eigenvalue weighted by atomic mass is 35.5. The van der Waals surface area contributed by atoms with Crippen molar-refractivity contribution in [2.75, 3.05) is 5.88 Å². The van der Waals surface area contributed by atoms with Gasteiger partial charge in [0.25, 0.3) is 0 Å². The van der Waals surface area contributed by atoms with E-state index in [9.17, 15) is 4.79 Å². The van der Waals surface area contributed by atoms with Crippen LogP contribution in [0, 0.1) is 11.8 Å². The van der Waals surface area contributed by atoms with Crippen LogP contribution in [0.3, 0.4) is 0 Å². The van der Waals surface area contributed by atoms with E-state index in [1.165, 1.54) is 5.56 Å². The molecular weight excluding hydrogens is 246 g/mol. The Kier molecular flexibility index (Phi) is 6.20. The molecule has 0 bridgehead atoms. The van der Waals surface area contributed by atoms with Crippen molar-refractivity contribution in [2.45, 2.75) is 33.2 Å². The van der Waals surface area contributed by atoms with Crippen LogP contribution >= 0.6 is 11.6 Å². The van der Waals surface area contributed by atoms with Gasteiger partial charge in [-0.25, -0.2) is 0 Å². The maximum Gasteiger partial charge on any atom is 0.223 e. The number of carbonyl (C=O) groups is 1. The summed E-state index contributed by atoms with van der Waals surface area (Å²) in [6.07, 6.45) is 0.779. The second-order valence-corrected chi connectivity index (χ2v) is 5.39. The molecule has 1 aromatic rings. The Labute approximate surface area is 115 Å². The average Bonchev–Trinajstić information content (AvgIpc) is 2.37. The maximum absolute atomic E-state index is 12.0. The minimum atomic E-state index is 0.00256. The molecule has 1 aromatic carbocycles. The van der Waals surface area contributed by atoms with Gasteiger partial charge in [-0.15, -0.1) is 11.6 Å². The largest absolute Gasteiger partial charge is 0.352 e.